The molecule has 0 spiro atoms. The topological polar surface area (TPSA) is 84.6 Å². The molecule has 2 aromatic carbocycles. The van der Waals surface area contributed by atoms with Crippen LogP contribution in [0, 0.1) is 5.92 Å². The molecule has 0 aliphatic carbocycles. The molecule has 0 amide bonds. The molecule has 0 saturated heterocycles. The van der Waals surface area contributed by atoms with Gasteiger partial charge in [0.25, 0.3) is 0 Å². The van der Waals surface area contributed by atoms with Gasteiger partial charge in [0.2, 0.25) is 5.88 Å². The first-order chi connectivity index (χ1) is 13.0. The summed E-state index contributed by atoms with van der Waals surface area (Å²) in [7, 11) is 0. The number of nitrogens with one attached hydrogen (secondary N) is 1. The molecule has 0 radical (unpaired) electrons. The average Bonchev–Trinajstić information content (AvgIpc) is 3.10. The van der Waals surface area contributed by atoms with E-state index in [0.29, 0.717) is 23.7 Å². The number of para-hydroxylation sites is 1. The third-order valence-electron chi connectivity index (χ3n) is 3.94. The molecule has 2 N–H and O–H groups in total. The monoisotopic (exact) mass is 366 g/mol. The van der Waals surface area contributed by atoms with Crippen molar-refractivity contribution in [1.29, 1.82) is 0 Å². The fourth-order valence-electron chi connectivity index (χ4n) is 2.69. The van der Waals surface area contributed by atoms with Crippen LogP contribution in [0.4, 0.5) is 5.88 Å². The Morgan fingerprint density at radius 3 is 2.56 bits per heavy atom. The molecule has 27 heavy (non-hydrogen) atoms. The predicted octanol–water partition coefficient (Wildman–Crippen LogP) is 5.05. The Morgan fingerprint density at radius 1 is 1.11 bits per heavy atom. The third-order valence-corrected chi connectivity index (χ3v) is 3.94. The van der Waals surface area contributed by atoms with Crippen molar-refractivity contribution in [3.05, 3.63) is 60.7 Å². The van der Waals surface area contributed by atoms with Gasteiger partial charge in [-0.15, -0.1) is 0 Å². The molecule has 6 nitrogen and oxygen atoms in total. The molecule has 140 valence electrons. The molecule has 1 unspecified atom stereocenters. The largest absolute Gasteiger partial charge is 0.480 e. The van der Waals surface area contributed by atoms with Crippen molar-refractivity contribution in [2.24, 2.45) is 5.92 Å². The van der Waals surface area contributed by atoms with Crippen molar-refractivity contribution >= 4 is 11.9 Å². The molecule has 0 saturated carbocycles. The highest BCUT2D eigenvalue weighted by Gasteiger charge is 2.20. The lowest BCUT2D eigenvalue weighted by atomic mass is 10.0. The number of aliphatic carboxylic acids is 1. The number of carboxylic acid groups (broad SMARTS) is 1. The second-order valence-corrected chi connectivity index (χ2v) is 6.68. The number of carboxylic acids is 1. The van der Waals surface area contributed by atoms with Gasteiger partial charge >= 0.3 is 5.97 Å². The Hall–Kier alpha value is -3.28. The number of hydrogen-bond donors (Lipinski definition) is 2. The Balaban J connectivity index is 1.74. The summed E-state index contributed by atoms with van der Waals surface area (Å²) in [6, 6.07) is 18.0. The van der Waals surface area contributed by atoms with E-state index >= 15 is 0 Å². The van der Waals surface area contributed by atoms with E-state index in [-0.39, 0.29) is 5.92 Å². The molecule has 1 heterocycles. The Labute approximate surface area is 157 Å². The number of hydrogen-bond acceptors (Lipinski definition) is 5. The molecule has 3 rings (SSSR count). The molecule has 1 atom stereocenters. The zero-order chi connectivity index (χ0) is 19.2. The number of benzene rings is 2. The number of anilines is 1. The summed E-state index contributed by atoms with van der Waals surface area (Å²) in [4.78, 5) is 11.4. The van der Waals surface area contributed by atoms with Gasteiger partial charge in [-0.1, -0.05) is 49.3 Å². The SMILES string of the molecule is CC(C)CC(Nc1cc(-c2cccc(Oc3ccccc3)c2)no1)C(=O)O. The zero-order valence-corrected chi connectivity index (χ0v) is 15.3. The Bertz CT molecular complexity index is 890. The van der Waals surface area contributed by atoms with E-state index in [2.05, 4.69) is 10.5 Å². The molecule has 1 aromatic heterocycles. The van der Waals surface area contributed by atoms with Crippen LogP contribution in [0.2, 0.25) is 0 Å². The molecular formula is C21H22N2O4. The molecule has 0 aliphatic rings. The van der Waals surface area contributed by atoms with E-state index in [1.807, 2.05) is 68.4 Å². The van der Waals surface area contributed by atoms with Crippen LogP contribution in [-0.4, -0.2) is 22.3 Å². The van der Waals surface area contributed by atoms with Gasteiger partial charge in [0.15, 0.2) is 0 Å². The molecular weight excluding hydrogens is 344 g/mol. The first-order valence-electron chi connectivity index (χ1n) is 8.80. The summed E-state index contributed by atoms with van der Waals surface area (Å²) >= 11 is 0. The summed E-state index contributed by atoms with van der Waals surface area (Å²) in [5.74, 6) is 1.08. The highest BCUT2D eigenvalue weighted by atomic mass is 16.5. The number of ether oxygens (including phenoxy) is 1. The lowest BCUT2D eigenvalue weighted by Crippen LogP contribution is -2.30. The zero-order valence-electron chi connectivity index (χ0n) is 15.3. The van der Waals surface area contributed by atoms with Gasteiger partial charge in [-0.3, -0.25) is 0 Å². The van der Waals surface area contributed by atoms with Crippen molar-refractivity contribution in [1.82, 2.24) is 5.16 Å². The maximum absolute atomic E-state index is 11.4. The minimum atomic E-state index is -0.917. The minimum Gasteiger partial charge on any atom is -0.480 e. The molecule has 0 fully saturated rings. The van der Waals surface area contributed by atoms with E-state index in [4.69, 9.17) is 9.26 Å². The number of rotatable bonds is 8. The highest BCUT2D eigenvalue weighted by Crippen LogP contribution is 2.28. The lowest BCUT2D eigenvalue weighted by molar-refractivity contribution is -0.138. The molecule has 6 heteroatoms. The molecule has 0 aliphatic heterocycles. The second-order valence-electron chi connectivity index (χ2n) is 6.68. The molecule has 0 bridgehead atoms. The van der Waals surface area contributed by atoms with Gasteiger partial charge in [-0.05, 0) is 36.6 Å². The smallest absolute Gasteiger partial charge is 0.326 e. The van der Waals surface area contributed by atoms with Crippen molar-refractivity contribution in [3.63, 3.8) is 0 Å². The third kappa shape index (κ3) is 5.10. The van der Waals surface area contributed by atoms with Crippen molar-refractivity contribution < 1.29 is 19.2 Å². The maximum Gasteiger partial charge on any atom is 0.326 e. The number of aromatic nitrogens is 1. The van der Waals surface area contributed by atoms with Gasteiger partial charge < -0.3 is 19.7 Å². The normalized spacial score (nSPS) is 12.0. The summed E-state index contributed by atoms with van der Waals surface area (Å²) in [5, 5.41) is 16.3. The summed E-state index contributed by atoms with van der Waals surface area (Å²) in [5.41, 5.74) is 1.42. The van der Waals surface area contributed by atoms with E-state index in [9.17, 15) is 9.90 Å². The first kappa shape index (κ1) is 18.5. The van der Waals surface area contributed by atoms with E-state index in [1.165, 1.54) is 0 Å². The van der Waals surface area contributed by atoms with Crippen LogP contribution in [-0.2, 0) is 4.79 Å². The fourth-order valence-corrected chi connectivity index (χ4v) is 2.69. The number of carbonyl (C=O) groups is 1. The van der Waals surface area contributed by atoms with Crippen LogP contribution in [0.1, 0.15) is 20.3 Å². The van der Waals surface area contributed by atoms with E-state index < -0.39 is 12.0 Å². The van der Waals surface area contributed by atoms with Crippen molar-refractivity contribution in [3.8, 4) is 22.8 Å². The van der Waals surface area contributed by atoms with Gasteiger partial charge in [-0.2, -0.15) is 0 Å². The molecule has 3 aromatic rings. The van der Waals surface area contributed by atoms with Crippen molar-refractivity contribution in [2.45, 2.75) is 26.3 Å². The van der Waals surface area contributed by atoms with Crippen molar-refractivity contribution in [2.75, 3.05) is 5.32 Å². The fraction of sp³-hybridized carbons (Fsp3) is 0.238. The van der Waals surface area contributed by atoms with E-state index in [1.54, 1.807) is 6.07 Å². The minimum absolute atomic E-state index is 0.243. The lowest BCUT2D eigenvalue weighted by Gasteiger charge is -2.14. The Morgan fingerprint density at radius 2 is 1.85 bits per heavy atom. The van der Waals surface area contributed by atoms with Crippen LogP contribution < -0.4 is 10.1 Å². The van der Waals surface area contributed by atoms with Gasteiger partial charge in [0.1, 0.15) is 23.2 Å². The Kier molecular flexibility index (Phi) is 5.76. The second kappa shape index (κ2) is 8.40. The highest BCUT2D eigenvalue weighted by molar-refractivity contribution is 5.77. The van der Waals surface area contributed by atoms with E-state index in [0.717, 1.165) is 11.3 Å². The predicted molar refractivity (Wildman–Crippen MR) is 103 cm³/mol. The first-order valence-corrected chi connectivity index (χ1v) is 8.80. The van der Waals surface area contributed by atoms with Crippen LogP contribution in [0.3, 0.4) is 0 Å². The van der Waals surface area contributed by atoms with Crippen LogP contribution in [0.5, 0.6) is 11.5 Å². The van der Waals surface area contributed by atoms with Crippen LogP contribution >= 0.6 is 0 Å². The quantitative estimate of drug-likeness (QED) is 0.581. The number of nitrogens with zero attached hydrogens (tertiary/aromatic N) is 1. The van der Waals surface area contributed by atoms with Gasteiger partial charge in [0, 0.05) is 11.6 Å². The van der Waals surface area contributed by atoms with Gasteiger partial charge in [0.05, 0.1) is 0 Å². The summed E-state index contributed by atoms with van der Waals surface area (Å²) in [6.45, 7) is 3.95. The standard InChI is InChI=1S/C21H22N2O4/c1-14(2)11-19(21(24)25)22-20-13-18(23-27-20)15-7-6-10-17(12-15)26-16-8-4-3-5-9-16/h3-10,12-14,19,22H,11H2,1-2H3,(H,24,25). The summed E-state index contributed by atoms with van der Waals surface area (Å²) < 4.78 is 11.1. The maximum atomic E-state index is 11.4. The average molecular weight is 366 g/mol. The van der Waals surface area contributed by atoms with Crippen LogP contribution in [0.25, 0.3) is 11.3 Å². The van der Waals surface area contributed by atoms with Gasteiger partial charge in [-0.25, -0.2) is 4.79 Å². The summed E-state index contributed by atoms with van der Waals surface area (Å²) in [6.07, 6.45) is 0.492. The van der Waals surface area contributed by atoms with Crippen LogP contribution in [0.15, 0.2) is 65.2 Å².